The van der Waals surface area contributed by atoms with Crippen LogP contribution in [0.5, 0.6) is 0 Å². The van der Waals surface area contributed by atoms with Crippen molar-refractivity contribution in [1.82, 2.24) is 15.6 Å². The Morgan fingerprint density at radius 3 is 2.75 bits per heavy atom. The molecule has 0 spiro atoms. The predicted molar refractivity (Wildman–Crippen MR) is 72.2 cm³/mol. The molecule has 0 aliphatic heterocycles. The lowest BCUT2D eigenvalue weighted by Gasteiger charge is -2.14. The summed E-state index contributed by atoms with van der Waals surface area (Å²) in [6.45, 7) is 4.04. The number of rotatable bonds is 8. The molecule has 0 bridgehead atoms. The SMILES string of the molecule is CCCCC(NC(=O)NCc1ncc(CC)o1)C(=O)O. The predicted octanol–water partition coefficient (Wildman–Crippen LogP) is 1.68. The molecule has 0 saturated heterocycles. The van der Waals surface area contributed by atoms with E-state index in [1.165, 1.54) is 0 Å². The molecule has 0 aliphatic carbocycles. The van der Waals surface area contributed by atoms with Crippen LogP contribution in [0.15, 0.2) is 10.6 Å². The van der Waals surface area contributed by atoms with Gasteiger partial charge in [0.25, 0.3) is 0 Å². The topological polar surface area (TPSA) is 104 Å². The lowest BCUT2D eigenvalue weighted by molar-refractivity contribution is -0.139. The maximum atomic E-state index is 11.6. The summed E-state index contributed by atoms with van der Waals surface area (Å²) < 4.78 is 5.33. The van der Waals surface area contributed by atoms with Crippen molar-refractivity contribution in [2.24, 2.45) is 0 Å². The van der Waals surface area contributed by atoms with E-state index in [9.17, 15) is 9.59 Å². The van der Waals surface area contributed by atoms with E-state index in [1.54, 1.807) is 6.20 Å². The largest absolute Gasteiger partial charge is 0.480 e. The smallest absolute Gasteiger partial charge is 0.326 e. The Labute approximate surface area is 117 Å². The Balaban J connectivity index is 2.39. The quantitative estimate of drug-likeness (QED) is 0.673. The fraction of sp³-hybridized carbons (Fsp3) is 0.615. The molecule has 112 valence electrons. The summed E-state index contributed by atoms with van der Waals surface area (Å²) >= 11 is 0. The van der Waals surface area contributed by atoms with Gasteiger partial charge in [-0.15, -0.1) is 0 Å². The van der Waals surface area contributed by atoms with Crippen LogP contribution >= 0.6 is 0 Å². The first-order valence-corrected chi connectivity index (χ1v) is 6.77. The van der Waals surface area contributed by atoms with Crippen LogP contribution in [0.2, 0.25) is 0 Å². The van der Waals surface area contributed by atoms with Crippen LogP contribution in [0.3, 0.4) is 0 Å². The number of carboxylic acids is 1. The van der Waals surface area contributed by atoms with Crippen molar-refractivity contribution in [2.75, 3.05) is 0 Å². The van der Waals surface area contributed by atoms with E-state index < -0.39 is 18.0 Å². The third kappa shape index (κ3) is 5.29. The Bertz CT molecular complexity index is 445. The number of amides is 2. The van der Waals surface area contributed by atoms with Gasteiger partial charge in [-0.05, 0) is 6.42 Å². The summed E-state index contributed by atoms with van der Waals surface area (Å²) in [6, 6.07) is -1.41. The van der Waals surface area contributed by atoms with Gasteiger partial charge < -0.3 is 20.2 Å². The molecule has 7 nitrogen and oxygen atoms in total. The van der Waals surface area contributed by atoms with Gasteiger partial charge in [-0.1, -0.05) is 26.7 Å². The number of nitrogens with one attached hydrogen (secondary N) is 2. The number of urea groups is 1. The Morgan fingerprint density at radius 1 is 1.45 bits per heavy atom. The minimum absolute atomic E-state index is 0.131. The van der Waals surface area contributed by atoms with Crippen LogP contribution in [0, 0.1) is 0 Å². The zero-order chi connectivity index (χ0) is 15.0. The number of carbonyl (C=O) groups is 2. The van der Waals surface area contributed by atoms with Gasteiger partial charge in [-0.25, -0.2) is 14.6 Å². The summed E-state index contributed by atoms with van der Waals surface area (Å²) in [6.07, 6.45) is 4.38. The number of hydrogen-bond donors (Lipinski definition) is 3. The van der Waals surface area contributed by atoms with Gasteiger partial charge in [0, 0.05) is 6.42 Å². The molecular formula is C13H21N3O4. The molecule has 1 unspecified atom stereocenters. The highest BCUT2D eigenvalue weighted by Gasteiger charge is 2.19. The summed E-state index contributed by atoms with van der Waals surface area (Å²) in [5, 5.41) is 13.9. The number of nitrogens with zero attached hydrogens (tertiary/aromatic N) is 1. The minimum Gasteiger partial charge on any atom is -0.480 e. The summed E-state index contributed by atoms with van der Waals surface area (Å²) in [4.78, 5) is 26.6. The first-order chi connectivity index (χ1) is 9.56. The highest BCUT2D eigenvalue weighted by Crippen LogP contribution is 2.04. The zero-order valence-electron chi connectivity index (χ0n) is 11.8. The van der Waals surface area contributed by atoms with E-state index in [4.69, 9.17) is 9.52 Å². The van der Waals surface area contributed by atoms with Crippen LogP contribution in [-0.2, 0) is 17.8 Å². The lowest BCUT2D eigenvalue weighted by atomic mass is 10.1. The molecule has 0 fully saturated rings. The molecule has 3 N–H and O–H groups in total. The van der Waals surface area contributed by atoms with E-state index in [-0.39, 0.29) is 6.54 Å². The van der Waals surface area contributed by atoms with Crippen molar-refractivity contribution in [1.29, 1.82) is 0 Å². The third-order valence-corrected chi connectivity index (χ3v) is 2.80. The second kappa shape index (κ2) is 8.19. The van der Waals surface area contributed by atoms with Gasteiger partial charge in [0.05, 0.1) is 12.7 Å². The van der Waals surface area contributed by atoms with E-state index in [0.717, 1.165) is 25.0 Å². The molecule has 1 aromatic heterocycles. The summed E-state index contributed by atoms with van der Waals surface area (Å²) in [7, 11) is 0. The average molecular weight is 283 g/mol. The van der Waals surface area contributed by atoms with Gasteiger partial charge in [-0.2, -0.15) is 0 Å². The molecule has 0 aliphatic rings. The van der Waals surface area contributed by atoms with Crippen molar-refractivity contribution in [3.8, 4) is 0 Å². The van der Waals surface area contributed by atoms with Crippen molar-refractivity contribution in [3.05, 3.63) is 17.8 Å². The van der Waals surface area contributed by atoms with Crippen LogP contribution in [0.1, 0.15) is 44.8 Å². The molecule has 0 aromatic carbocycles. The lowest BCUT2D eigenvalue weighted by Crippen LogP contribution is -2.45. The second-order valence-electron chi connectivity index (χ2n) is 4.43. The van der Waals surface area contributed by atoms with E-state index in [1.807, 2.05) is 13.8 Å². The van der Waals surface area contributed by atoms with Crippen molar-refractivity contribution in [2.45, 2.75) is 52.1 Å². The molecule has 0 saturated carbocycles. The second-order valence-corrected chi connectivity index (χ2v) is 4.43. The number of oxazole rings is 1. The first kappa shape index (κ1) is 16.0. The van der Waals surface area contributed by atoms with Crippen LogP contribution in [0.25, 0.3) is 0 Å². The van der Waals surface area contributed by atoms with Crippen LogP contribution in [0.4, 0.5) is 4.79 Å². The van der Waals surface area contributed by atoms with Crippen LogP contribution in [-0.4, -0.2) is 28.1 Å². The number of hydrogen-bond acceptors (Lipinski definition) is 4. The Hall–Kier alpha value is -2.05. The number of carboxylic acid groups (broad SMARTS) is 1. The van der Waals surface area contributed by atoms with Crippen molar-refractivity contribution in [3.63, 3.8) is 0 Å². The number of carbonyl (C=O) groups excluding carboxylic acids is 1. The van der Waals surface area contributed by atoms with Gasteiger partial charge in [-0.3, -0.25) is 0 Å². The number of aromatic nitrogens is 1. The van der Waals surface area contributed by atoms with Gasteiger partial charge >= 0.3 is 12.0 Å². The summed E-state index contributed by atoms with van der Waals surface area (Å²) in [5.74, 6) is 0.115. The number of aliphatic carboxylic acids is 1. The number of aryl methyl sites for hydroxylation is 1. The molecule has 20 heavy (non-hydrogen) atoms. The molecule has 1 heterocycles. The van der Waals surface area contributed by atoms with Crippen molar-refractivity contribution >= 4 is 12.0 Å². The third-order valence-electron chi connectivity index (χ3n) is 2.80. The molecule has 7 heteroatoms. The zero-order valence-corrected chi connectivity index (χ0v) is 11.8. The standard InChI is InChI=1S/C13H21N3O4/c1-3-5-6-10(12(17)18)16-13(19)15-8-11-14-7-9(4-2)20-11/h7,10H,3-6,8H2,1-2H3,(H,17,18)(H2,15,16,19). The summed E-state index contributed by atoms with van der Waals surface area (Å²) in [5.41, 5.74) is 0. The molecule has 1 atom stereocenters. The van der Waals surface area contributed by atoms with Gasteiger partial charge in [0.2, 0.25) is 5.89 Å². The first-order valence-electron chi connectivity index (χ1n) is 6.77. The molecule has 1 aromatic rings. The monoisotopic (exact) mass is 283 g/mol. The normalized spacial score (nSPS) is 11.9. The Morgan fingerprint density at radius 2 is 2.20 bits per heavy atom. The number of unbranched alkanes of at least 4 members (excludes halogenated alkanes) is 1. The van der Waals surface area contributed by atoms with E-state index >= 15 is 0 Å². The van der Waals surface area contributed by atoms with Crippen LogP contribution < -0.4 is 10.6 Å². The molecule has 2 amide bonds. The highest BCUT2D eigenvalue weighted by molar-refractivity contribution is 5.82. The maximum absolute atomic E-state index is 11.6. The van der Waals surface area contributed by atoms with Gasteiger partial charge in [0.1, 0.15) is 11.8 Å². The van der Waals surface area contributed by atoms with Gasteiger partial charge in [0.15, 0.2) is 0 Å². The average Bonchev–Trinajstić information content (AvgIpc) is 2.88. The minimum atomic E-state index is -1.03. The fourth-order valence-electron chi connectivity index (χ4n) is 1.62. The maximum Gasteiger partial charge on any atom is 0.326 e. The Kier molecular flexibility index (Phi) is 6.55. The van der Waals surface area contributed by atoms with E-state index in [2.05, 4.69) is 15.6 Å². The molecule has 1 rings (SSSR count). The molecule has 0 radical (unpaired) electrons. The molecular weight excluding hydrogens is 262 g/mol. The highest BCUT2D eigenvalue weighted by atomic mass is 16.4. The fourth-order valence-corrected chi connectivity index (χ4v) is 1.62. The van der Waals surface area contributed by atoms with E-state index in [0.29, 0.717) is 12.3 Å². The van der Waals surface area contributed by atoms with Crippen molar-refractivity contribution < 1.29 is 19.1 Å².